The third kappa shape index (κ3) is 5.03. The van der Waals surface area contributed by atoms with E-state index in [1.54, 1.807) is 18.4 Å². The van der Waals surface area contributed by atoms with Gasteiger partial charge in [-0.1, -0.05) is 0 Å². The Kier molecular flexibility index (Phi) is 6.56. The Labute approximate surface area is 101 Å². The Bertz CT molecular complexity index is 291. The third-order valence-electron chi connectivity index (χ3n) is 2.14. The first-order chi connectivity index (χ1) is 7.74. The van der Waals surface area contributed by atoms with Gasteiger partial charge in [-0.2, -0.15) is 0 Å². The summed E-state index contributed by atoms with van der Waals surface area (Å²) in [5.41, 5.74) is 1.09. The molecule has 0 saturated carbocycles. The van der Waals surface area contributed by atoms with Gasteiger partial charge >= 0.3 is 0 Å². The lowest BCUT2D eigenvalue weighted by molar-refractivity contribution is 0.0712. The molecule has 0 aliphatic carbocycles. The number of nitrogens with zero attached hydrogens (tertiary/aromatic N) is 1. The van der Waals surface area contributed by atoms with Crippen molar-refractivity contribution in [3.63, 3.8) is 0 Å². The van der Waals surface area contributed by atoms with E-state index in [0.717, 1.165) is 17.2 Å². The molecule has 0 aromatic carbocycles. The summed E-state index contributed by atoms with van der Waals surface area (Å²) in [6.45, 7) is 6.99. The standard InChI is InChI=1S/C11H20N2O2S/c1-9-8-16-11(13-9)10(2)12-4-5-15-7-6-14-3/h8,10,12H,4-7H2,1-3H3. The molecule has 4 nitrogen and oxygen atoms in total. The zero-order chi connectivity index (χ0) is 11.8. The van der Waals surface area contributed by atoms with E-state index in [1.807, 2.05) is 6.92 Å². The van der Waals surface area contributed by atoms with Gasteiger partial charge in [-0.05, 0) is 13.8 Å². The molecule has 1 atom stereocenters. The summed E-state index contributed by atoms with van der Waals surface area (Å²) in [4.78, 5) is 4.43. The maximum absolute atomic E-state index is 5.36. The zero-order valence-electron chi connectivity index (χ0n) is 10.2. The molecule has 1 unspecified atom stereocenters. The first kappa shape index (κ1) is 13.6. The predicted octanol–water partition coefficient (Wildman–Crippen LogP) is 1.77. The molecular formula is C11H20N2O2S. The van der Waals surface area contributed by atoms with Gasteiger partial charge in [-0.3, -0.25) is 0 Å². The molecule has 1 aromatic heterocycles. The monoisotopic (exact) mass is 244 g/mol. The Balaban J connectivity index is 2.09. The molecule has 1 heterocycles. The molecule has 0 amide bonds. The molecule has 0 spiro atoms. The fraction of sp³-hybridized carbons (Fsp3) is 0.727. The van der Waals surface area contributed by atoms with Crippen molar-refractivity contribution in [1.29, 1.82) is 0 Å². The van der Waals surface area contributed by atoms with Crippen molar-refractivity contribution in [3.05, 3.63) is 16.1 Å². The fourth-order valence-electron chi connectivity index (χ4n) is 1.25. The largest absolute Gasteiger partial charge is 0.382 e. The van der Waals surface area contributed by atoms with Gasteiger partial charge in [0.15, 0.2) is 0 Å². The molecule has 16 heavy (non-hydrogen) atoms. The lowest BCUT2D eigenvalue weighted by Crippen LogP contribution is -2.23. The minimum absolute atomic E-state index is 0.296. The third-order valence-corrected chi connectivity index (χ3v) is 3.28. The Morgan fingerprint density at radius 3 is 2.88 bits per heavy atom. The fourth-order valence-corrected chi connectivity index (χ4v) is 2.08. The number of hydrogen-bond acceptors (Lipinski definition) is 5. The number of rotatable bonds is 8. The van der Waals surface area contributed by atoms with Gasteiger partial charge < -0.3 is 14.8 Å². The Morgan fingerprint density at radius 2 is 2.25 bits per heavy atom. The summed E-state index contributed by atoms with van der Waals surface area (Å²) in [6.07, 6.45) is 0. The summed E-state index contributed by atoms with van der Waals surface area (Å²) in [6, 6.07) is 0.296. The van der Waals surface area contributed by atoms with Crippen molar-refractivity contribution in [2.75, 3.05) is 33.5 Å². The van der Waals surface area contributed by atoms with Crippen LogP contribution in [-0.4, -0.2) is 38.5 Å². The molecule has 0 radical (unpaired) electrons. The van der Waals surface area contributed by atoms with E-state index in [0.29, 0.717) is 25.9 Å². The molecule has 5 heteroatoms. The van der Waals surface area contributed by atoms with Gasteiger partial charge in [0.2, 0.25) is 0 Å². The normalized spacial score (nSPS) is 12.9. The highest BCUT2D eigenvalue weighted by atomic mass is 32.1. The van der Waals surface area contributed by atoms with Crippen molar-refractivity contribution in [2.24, 2.45) is 0 Å². The second-order valence-electron chi connectivity index (χ2n) is 3.61. The number of aryl methyl sites for hydroxylation is 1. The van der Waals surface area contributed by atoms with Crippen molar-refractivity contribution < 1.29 is 9.47 Å². The van der Waals surface area contributed by atoms with Crippen molar-refractivity contribution in [1.82, 2.24) is 10.3 Å². The summed E-state index contributed by atoms with van der Waals surface area (Å²) >= 11 is 1.70. The van der Waals surface area contributed by atoms with Gasteiger partial charge in [0, 0.05) is 24.7 Å². The van der Waals surface area contributed by atoms with E-state index in [-0.39, 0.29) is 0 Å². The maximum Gasteiger partial charge on any atom is 0.110 e. The average Bonchev–Trinajstić information content (AvgIpc) is 2.70. The first-order valence-electron chi connectivity index (χ1n) is 5.46. The smallest absolute Gasteiger partial charge is 0.110 e. The van der Waals surface area contributed by atoms with Crippen LogP contribution in [-0.2, 0) is 9.47 Å². The summed E-state index contributed by atoms with van der Waals surface area (Å²) in [5, 5.41) is 6.58. The zero-order valence-corrected chi connectivity index (χ0v) is 11.0. The summed E-state index contributed by atoms with van der Waals surface area (Å²) < 4.78 is 10.2. The molecule has 0 fully saturated rings. The van der Waals surface area contributed by atoms with Crippen LogP contribution in [0, 0.1) is 6.92 Å². The Morgan fingerprint density at radius 1 is 1.44 bits per heavy atom. The topological polar surface area (TPSA) is 43.4 Å². The molecule has 1 aromatic rings. The van der Waals surface area contributed by atoms with Crippen LogP contribution in [0.25, 0.3) is 0 Å². The SMILES string of the molecule is COCCOCCNC(C)c1nc(C)cs1. The average molecular weight is 244 g/mol. The van der Waals surface area contributed by atoms with Crippen LogP contribution in [0.2, 0.25) is 0 Å². The van der Waals surface area contributed by atoms with Crippen LogP contribution in [0.3, 0.4) is 0 Å². The number of ether oxygens (including phenoxy) is 2. The molecule has 0 aliphatic rings. The molecule has 0 aliphatic heterocycles. The lowest BCUT2D eigenvalue weighted by Gasteiger charge is -2.11. The maximum atomic E-state index is 5.36. The van der Waals surface area contributed by atoms with Gasteiger partial charge in [0.05, 0.1) is 25.9 Å². The highest BCUT2D eigenvalue weighted by Gasteiger charge is 2.07. The van der Waals surface area contributed by atoms with Crippen molar-refractivity contribution in [2.45, 2.75) is 19.9 Å². The number of nitrogens with one attached hydrogen (secondary N) is 1. The highest BCUT2D eigenvalue weighted by Crippen LogP contribution is 2.16. The van der Waals surface area contributed by atoms with E-state index in [4.69, 9.17) is 9.47 Å². The van der Waals surface area contributed by atoms with Crippen LogP contribution >= 0.6 is 11.3 Å². The van der Waals surface area contributed by atoms with Crippen LogP contribution in [0.1, 0.15) is 23.7 Å². The van der Waals surface area contributed by atoms with E-state index in [2.05, 4.69) is 22.6 Å². The minimum atomic E-state index is 0.296. The molecular weight excluding hydrogens is 224 g/mol. The van der Waals surface area contributed by atoms with E-state index in [1.165, 1.54) is 0 Å². The van der Waals surface area contributed by atoms with Gasteiger partial charge in [-0.25, -0.2) is 4.98 Å². The molecule has 0 saturated heterocycles. The highest BCUT2D eigenvalue weighted by molar-refractivity contribution is 7.09. The molecule has 1 N–H and O–H groups in total. The number of aromatic nitrogens is 1. The second-order valence-corrected chi connectivity index (χ2v) is 4.50. The van der Waals surface area contributed by atoms with Crippen LogP contribution in [0.5, 0.6) is 0 Å². The quantitative estimate of drug-likeness (QED) is 0.708. The van der Waals surface area contributed by atoms with Gasteiger partial charge in [-0.15, -0.1) is 11.3 Å². The Hall–Kier alpha value is -0.490. The molecule has 1 rings (SSSR count). The lowest BCUT2D eigenvalue weighted by atomic mass is 10.3. The van der Waals surface area contributed by atoms with Crippen LogP contribution < -0.4 is 5.32 Å². The van der Waals surface area contributed by atoms with Crippen molar-refractivity contribution >= 4 is 11.3 Å². The van der Waals surface area contributed by atoms with E-state index in [9.17, 15) is 0 Å². The number of hydrogen-bond donors (Lipinski definition) is 1. The summed E-state index contributed by atoms with van der Waals surface area (Å²) in [5.74, 6) is 0. The molecule has 92 valence electrons. The second kappa shape index (κ2) is 7.73. The van der Waals surface area contributed by atoms with Gasteiger partial charge in [0.25, 0.3) is 0 Å². The van der Waals surface area contributed by atoms with Gasteiger partial charge in [0.1, 0.15) is 5.01 Å². The number of methoxy groups -OCH3 is 1. The van der Waals surface area contributed by atoms with Crippen molar-refractivity contribution in [3.8, 4) is 0 Å². The number of thiazole rings is 1. The van der Waals surface area contributed by atoms with E-state index < -0.39 is 0 Å². The van der Waals surface area contributed by atoms with Crippen LogP contribution in [0.15, 0.2) is 5.38 Å². The summed E-state index contributed by atoms with van der Waals surface area (Å²) in [7, 11) is 1.68. The first-order valence-corrected chi connectivity index (χ1v) is 6.34. The minimum Gasteiger partial charge on any atom is -0.382 e. The molecule has 0 bridgehead atoms. The predicted molar refractivity (Wildman–Crippen MR) is 66.0 cm³/mol. The van der Waals surface area contributed by atoms with Crippen LogP contribution in [0.4, 0.5) is 0 Å². The van der Waals surface area contributed by atoms with E-state index >= 15 is 0 Å².